The molecular formula is C18H19FN4S. The largest absolute Gasteiger partial charge is 0.310 e. The van der Waals surface area contributed by atoms with Crippen LogP contribution in [0.2, 0.25) is 0 Å². The Kier molecular flexibility index (Phi) is 4.87. The summed E-state index contributed by atoms with van der Waals surface area (Å²) < 4.78 is 17.5. The second-order valence-electron chi connectivity index (χ2n) is 5.79. The molecule has 124 valence electrons. The average Bonchev–Trinajstić information content (AvgIpc) is 2.90. The molecule has 0 saturated heterocycles. The predicted octanol–water partition coefficient (Wildman–Crippen LogP) is 3.77. The highest BCUT2D eigenvalue weighted by Gasteiger charge is 2.20. The quantitative estimate of drug-likeness (QED) is 0.660. The normalized spacial score (nSPS) is 12.5. The van der Waals surface area contributed by atoms with Crippen molar-refractivity contribution in [3.05, 3.63) is 82.6 Å². The molecule has 0 aliphatic carbocycles. The third kappa shape index (κ3) is 3.44. The van der Waals surface area contributed by atoms with Crippen LogP contribution in [0.15, 0.2) is 60.9 Å². The van der Waals surface area contributed by atoms with Gasteiger partial charge in [0.05, 0.1) is 12.7 Å². The number of halogens is 1. The van der Waals surface area contributed by atoms with Gasteiger partial charge in [0.1, 0.15) is 12.1 Å². The highest BCUT2D eigenvalue weighted by atomic mass is 32.1. The molecule has 6 heteroatoms. The molecule has 0 aliphatic heterocycles. The van der Waals surface area contributed by atoms with Gasteiger partial charge in [0.2, 0.25) is 0 Å². The lowest BCUT2D eigenvalue weighted by molar-refractivity contribution is 0.207. The van der Waals surface area contributed by atoms with Crippen molar-refractivity contribution in [3.8, 4) is 0 Å². The van der Waals surface area contributed by atoms with Gasteiger partial charge in [0.15, 0.2) is 4.77 Å². The third-order valence-electron chi connectivity index (χ3n) is 3.99. The van der Waals surface area contributed by atoms with Crippen LogP contribution in [0.5, 0.6) is 0 Å². The molecule has 3 rings (SSSR count). The lowest BCUT2D eigenvalue weighted by atomic mass is 9.98. The molecule has 1 atom stereocenters. The third-order valence-corrected chi connectivity index (χ3v) is 4.48. The zero-order valence-electron chi connectivity index (χ0n) is 13.6. The molecule has 1 aromatic heterocycles. The Bertz CT molecular complexity index is 855. The fraction of sp³-hybridized carbons (Fsp3) is 0.222. The number of rotatable bonds is 5. The molecule has 0 spiro atoms. The van der Waals surface area contributed by atoms with Gasteiger partial charge >= 0.3 is 0 Å². The van der Waals surface area contributed by atoms with Gasteiger partial charge in [-0.25, -0.2) is 9.07 Å². The maximum Gasteiger partial charge on any atom is 0.198 e. The maximum absolute atomic E-state index is 13.3. The lowest BCUT2D eigenvalue weighted by Gasteiger charge is -2.28. The van der Waals surface area contributed by atoms with Crippen LogP contribution >= 0.6 is 12.2 Å². The molecule has 0 fully saturated rings. The Balaban J connectivity index is 1.96. The maximum atomic E-state index is 13.3. The van der Waals surface area contributed by atoms with E-state index in [9.17, 15) is 4.39 Å². The first kappa shape index (κ1) is 16.5. The highest BCUT2D eigenvalue weighted by molar-refractivity contribution is 7.71. The zero-order chi connectivity index (χ0) is 17.1. The van der Waals surface area contributed by atoms with Crippen molar-refractivity contribution in [2.75, 3.05) is 7.05 Å². The van der Waals surface area contributed by atoms with E-state index in [0.29, 0.717) is 11.4 Å². The van der Waals surface area contributed by atoms with E-state index >= 15 is 0 Å². The number of hydrogen-bond acceptors (Lipinski definition) is 3. The Morgan fingerprint density at radius 3 is 2.29 bits per heavy atom. The summed E-state index contributed by atoms with van der Waals surface area (Å²) in [7, 11) is 3.89. The van der Waals surface area contributed by atoms with Gasteiger partial charge in [-0.2, -0.15) is 5.10 Å². The molecule has 0 aliphatic rings. The fourth-order valence-electron chi connectivity index (χ4n) is 2.79. The van der Waals surface area contributed by atoms with Crippen molar-refractivity contribution in [2.45, 2.75) is 12.7 Å². The summed E-state index contributed by atoms with van der Waals surface area (Å²) in [5, 5.41) is 4.31. The number of nitrogens with zero attached hydrogens (tertiary/aromatic N) is 4. The molecular weight excluding hydrogens is 323 g/mol. The van der Waals surface area contributed by atoms with Crippen molar-refractivity contribution in [2.24, 2.45) is 7.05 Å². The molecule has 3 aromatic rings. The van der Waals surface area contributed by atoms with Crippen LogP contribution in [0.3, 0.4) is 0 Å². The molecule has 0 unspecified atom stereocenters. The summed E-state index contributed by atoms with van der Waals surface area (Å²) in [6.07, 6.45) is 1.70. The Labute approximate surface area is 145 Å². The summed E-state index contributed by atoms with van der Waals surface area (Å²) in [5.41, 5.74) is 2.15. The molecule has 0 bridgehead atoms. The minimum atomic E-state index is -0.236. The van der Waals surface area contributed by atoms with E-state index in [0.717, 1.165) is 11.1 Å². The fourth-order valence-corrected chi connectivity index (χ4v) is 2.94. The molecule has 0 radical (unpaired) electrons. The molecule has 4 nitrogen and oxygen atoms in total. The summed E-state index contributed by atoms with van der Waals surface area (Å²) in [6, 6.07) is 16.7. The van der Waals surface area contributed by atoms with Crippen LogP contribution in [-0.2, 0) is 13.7 Å². The van der Waals surface area contributed by atoms with Crippen LogP contribution < -0.4 is 0 Å². The van der Waals surface area contributed by atoms with Crippen LogP contribution in [-0.4, -0.2) is 26.3 Å². The topological polar surface area (TPSA) is 26.0 Å². The van der Waals surface area contributed by atoms with Crippen LogP contribution in [0.4, 0.5) is 4.39 Å². The summed E-state index contributed by atoms with van der Waals surface area (Å²) in [6.45, 7) is 0.538. The van der Waals surface area contributed by atoms with E-state index in [1.54, 1.807) is 15.6 Å². The van der Waals surface area contributed by atoms with E-state index in [-0.39, 0.29) is 11.9 Å². The van der Waals surface area contributed by atoms with Crippen molar-refractivity contribution < 1.29 is 4.39 Å². The van der Waals surface area contributed by atoms with Crippen LogP contribution in [0, 0.1) is 10.6 Å². The molecule has 1 heterocycles. The highest BCUT2D eigenvalue weighted by Crippen LogP contribution is 2.28. The first-order valence-electron chi connectivity index (χ1n) is 7.65. The van der Waals surface area contributed by atoms with E-state index < -0.39 is 0 Å². The molecule has 24 heavy (non-hydrogen) atoms. The standard InChI is InChI=1S/C18H19FN4S/c1-21-12-20-23(18(21)24)13-22(2)17(14-6-4-3-5-7-14)15-8-10-16(19)11-9-15/h3-12,17H,13H2,1-2H3/t17-/m0/s1. The lowest BCUT2D eigenvalue weighted by Crippen LogP contribution is -2.28. The van der Waals surface area contributed by atoms with E-state index in [2.05, 4.69) is 22.1 Å². The minimum Gasteiger partial charge on any atom is -0.310 e. The number of benzene rings is 2. The molecule has 0 amide bonds. The van der Waals surface area contributed by atoms with Crippen molar-refractivity contribution in [3.63, 3.8) is 0 Å². The molecule has 0 saturated carbocycles. The number of aromatic nitrogens is 3. The summed E-state index contributed by atoms with van der Waals surface area (Å²) in [5.74, 6) is -0.236. The van der Waals surface area contributed by atoms with Gasteiger partial charge in [-0.3, -0.25) is 4.90 Å². The van der Waals surface area contributed by atoms with Crippen molar-refractivity contribution in [1.82, 2.24) is 19.2 Å². The van der Waals surface area contributed by atoms with Gasteiger partial charge in [0, 0.05) is 7.05 Å². The number of hydrogen-bond donors (Lipinski definition) is 0. The van der Waals surface area contributed by atoms with Crippen molar-refractivity contribution >= 4 is 12.2 Å². The monoisotopic (exact) mass is 342 g/mol. The predicted molar refractivity (Wildman–Crippen MR) is 94.5 cm³/mol. The van der Waals surface area contributed by atoms with Crippen LogP contribution in [0.25, 0.3) is 0 Å². The number of aryl methyl sites for hydroxylation is 1. The molecule has 2 aromatic carbocycles. The van der Waals surface area contributed by atoms with Crippen molar-refractivity contribution in [1.29, 1.82) is 0 Å². The van der Waals surface area contributed by atoms with Gasteiger partial charge in [-0.05, 0) is 42.5 Å². The second kappa shape index (κ2) is 7.07. The van der Waals surface area contributed by atoms with Gasteiger partial charge < -0.3 is 4.57 Å². The summed E-state index contributed by atoms with van der Waals surface area (Å²) >= 11 is 5.37. The van der Waals surface area contributed by atoms with Gasteiger partial charge in [-0.1, -0.05) is 42.5 Å². The van der Waals surface area contributed by atoms with E-state index in [1.165, 1.54) is 12.1 Å². The Hall–Kier alpha value is -2.31. The van der Waals surface area contributed by atoms with Gasteiger partial charge in [-0.15, -0.1) is 0 Å². The summed E-state index contributed by atoms with van der Waals surface area (Å²) in [4.78, 5) is 2.14. The van der Waals surface area contributed by atoms with E-state index in [1.807, 2.05) is 44.4 Å². The Morgan fingerprint density at radius 1 is 1.08 bits per heavy atom. The van der Waals surface area contributed by atoms with Gasteiger partial charge in [0.25, 0.3) is 0 Å². The molecule has 0 N–H and O–H groups in total. The second-order valence-corrected chi connectivity index (χ2v) is 6.15. The first-order valence-corrected chi connectivity index (χ1v) is 8.06. The average molecular weight is 342 g/mol. The zero-order valence-corrected chi connectivity index (χ0v) is 14.4. The SMILES string of the molecule is CN(Cn1ncn(C)c1=S)[C@@H](c1ccccc1)c1ccc(F)cc1. The smallest absolute Gasteiger partial charge is 0.198 e. The first-order chi connectivity index (χ1) is 11.6. The Morgan fingerprint density at radius 2 is 1.71 bits per heavy atom. The minimum absolute atomic E-state index is 0.0179. The van der Waals surface area contributed by atoms with Crippen LogP contribution in [0.1, 0.15) is 17.2 Å². The van der Waals surface area contributed by atoms with E-state index in [4.69, 9.17) is 12.2 Å².